The van der Waals surface area contributed by atoms with Crippen LogP contribution in [0.5, 0.6) is 11.5 Å². The van der Waals surface area contributed by atoms with Crippen LogP contribution in [0, 0.1) is 0 Å². The van der Waals surface area contributed by atoms with Crippen molar-refractivity contribution in [3.05, 3.63) is 72.6 Å². The van der Waals surface area contributed by atoms with E-state index in [2.05, 4.69) is 15.0 Å². The van der Waals surface area contributed by atoms with Crippen molar-refractivity contribution in [1.82, 2.24) is 15.0 Å². The fraction of sp³-hybridized carbons (Fsp3) is 0.217. The lowest BCUT2D eigenvalue weighted by Gasteiger charge is -2.16. The smallest absolute Gasteiger partial charge is 0.156 e. The highest BCUT2D eigenvalue weighted by atomic mass is 16.5. The molecule has 0 spiro atoms. The maximum Gasteiger partial charge on any atom is 0.156 e. The Morgan fingerprint density at radius 1 is 0.966 bits per heavy atom. The van der Waals surface area contributed by atoms with E-state index in [1.54, 1.807) is 19.5 Å². The third-order valence-electron chi connectivity index (χ3n) is 4.44. The molecule has 0 saturated heterocycles. The zero-order valence-electron chi connectivity index (χ0n) is 16.5. The van der Waals surface area contributed by atoms with E-state index in [-0.39, 0.29) is 6.10 Å². The summed E-state index contributed by atoms with van der Waals surface area (Å²) >= 11 is 0. The number of aromatic nitrogens is 3. The van der Waals surface area contributed by atoms with Gasteiger partial charge in [0.2, 0.25) is 0 Å². The fourth-order valence-electron chi connectivity index (χ4n) is 3.13. The summed E-state index contributed by atoms with van der Waals surface area (Å²) in [5.74, 6) is 1.44. The number of benzene rings is 2. The highest BCUT2D eigenvalue weighted by Gasteiger charge is 2.11. The summed E-state index contributed by atoms with van der Waals surface area (Å²) in [5.41, 5.74) is 4.50. The Bertz CT molecular complexity index is 1050. The minimum Gasteiger partial charge on any atom is -0.489 e. The zero-order chi connectivity index (χ0) is 20.1. The fourth-order valence-corrected chi connectivity index (χ4v) is 3.13. The van der Waals surface area contributed by atoms with Crippen LogP contribution in [0.1, 0.15) is 12.5 Å². The topological polar surface area (TPSA) is 69.3 Å². The van der Waals surface area contributed by atoms with Gasteiger partial charge in [0, 0.05) is 36.8 Å². The molecule has 0 amide bonds. The number of H-pyrrole nitrogens is 1. The van der Waals surface area contributed by atoms with Crippen LogP contribution in [-0.2, 0) is 11.3 Å². The first-order valence-corrected chi connectivity index (χ1v) is 9.49. The first-order chi connectivity index (χ1) is 14.2. The molecule has 0 saturated carbocycles. The van der Waals surface area contributed by atoms with Crippen molar-refractivity contribution in [2.24, 2.45) is 0 Å². The Labute approximate surface area is 169 Å². The van der Waals surface area contributed by atoms with Gasteiger partial charge in [-0.05, 0) is 30.7 Å². The van der Waals surface area contributed by atoms with Crippen LogP contribution in [0.3, 0.4) is 0 Å². The quantitative estimate of drug-likeness (QED) is 0.476. The molecule has 2 aromatic heterocycles. The normalized spacial score (nSPS) is 12.1. The second kappa shape index (κ2) is 8.75. The molecule has 0 unspecified atom stereocenters. The van der Waals surface area contributed by atoms with Gasteiger partial charge >= 0.3 is 0 Å². The van der Waals surface area contributed by atoms with E-state index in [4.69, 9.17) is 14.2 Å². The number of aromatic amines is 1. The third kappa shape index (κ3) is 4.73. The van der Waals surface area contributed by atoms with Gasteiger partial charge in [-0.2, -0.15) is 0 Å². The van der Waals surface area contributed by atoms with Gasteiger partial charge in [-0.15, -0.1) is 0 Å². The monoisotopic (exact) mass is 389 g/mol. The summed E-state index contributed by atoms with van der Waals surface area (Å²) in [5, 5.41) is 0. The van der Waals surface area contributed by atoms with E-state index in [1.165, 1.54) is 0 Å². The van der Waals surface area contributed by atoms with Crippen LogP contribution < -0.4 is 9.47 Å². The molecular weight excluding hydrogens is 366 g/mol. The van der Waals surface area contributed by atoms with Gasteiger partial charge in [-0.25, -0.2) is 4.98 Å². The largest absolute Gasteiger partial charge is 0.489 e. The first kappa shape index (κ1) is 19.0. The molecule has 4 aromatic rings. The van der Waals surface area contributed by atoms with Gasteiger partial charge in [-0.3, -0.25) is 4.98 Å². The summed E-state index contributed by atoms with van der Waals surface area (Å²) in [6.45, 7) is 2.95. The van der Waals surface area contributed by atoms with Gasteiger partial charge in [0.25, 0.3) is 0 Å². The SMILES string of the molecule is COC[C@H](C)Oc1cc(OCc2ccccc2)cc(-c2cc3nccnc3[nH]2)c1. The molecule has 6 nitrogen and oxygen atoms in total. The van der Waals surface area contributed by atoms with Crippen molar-refractivity contribution in [3.8, 4) is 22.8 Å². The summed E-state index contributed by atoms with van der Waals surface area (Å²) < 4.78 is 17.3. The first-order valence-electron chi connectivity index (χ1n) is 9.49. The van der Waals surface area contributed by atoms with Crippen molar-refractivity contribution < 1.29 is 14.2 Å². The molecular formula is C23H23N3O3. The Morgan fingerprint density at radius 3 is 2.55 bits per heavy atom. The highest BCUT2D eigenvalue weighted by Crippen LogP contribution is 2.31. The van der Waals surface area contributed by atoms with Crippen LogP contribution in [0.2, 0.25) is 0 Å². The molecule has 0 aliphatic heterocycles. The van der Waals surface area contributed by atoms with Gasteiger partial charge < -0.3 is 19.2 Å². The molecule has 0 fully saturated rings. The van der Waals surface area contributed by atoms with E-state index >= 15 is 0 Å². The Balaban J connectivity index is 1.65. The Kier molecular flexibility index (Phi) is 5.72. The molecule has 2 heterocycles. The van der Waals surface area contributed by atoms with Crippen molar-refractivity contribution in [3.63, 3.8) is 0 Å². The molecule has 1 N–H and O–H groups in total. The van der Waals surface area contributed by atoms with Crippen LogP contribution >= 0.6 is 0 Å². The summed E-state index contributed by atoms with van der Waals surface area (Å²) in [7, 11) is 1.66. The predicted molar refractivity (Wildman–Crippen MR) is 112 cm³/mol. The molecule has 4 rings (SSSR count). The lowest BCUT2D eigenvalue weighted by molar-refractivity contribution is 0.0919. The second-order valence-corrected chi connectivity index (χ2v) is 6.82. The molecule has 0 radical (unpaired) electrons. The lowest BCUT2D eigenvalue weighted by Crippen LogP contribution is -2.18. The number of ether oxygens (including phenoxy) is 3. The van der Waals surface area contributed by atoms with Crippen molar-refractivity contribution in [2.45, 2.75) is 19.6 Å². The van der Waals surface area contributed by atoms with Crippen LogP contribution in [-0.4, -0.2) is 34.8 Å². The van der Waals surface area contributed by atoms with Crippen LogP contribution in [0.15, 0.2) is 67.0 Å². The predicted octanol–water partition coefficient (Wildman–Crippen LogP) is 4.62. The Morgan fingerprint density at radius 2 is 1.76 bits per heavy atom. The van der Waals surface area contributed by atoms with Gasteiger partial charge in [0.05, 0.1) is 6.61 Å². The minimum absolute atomic E-state index is 0.0803. The molecule has 0 aliphatic carbocycles. The van der Waals surface area contributed by atoms with Crippen LogP contribution in [0.4, 0.5) is 0 Å². The minimum atomic E-state index is -0.0803. The summed E-state index contributed by atoms with van der Waals surface area (Å²) in [4.78, 5) is 12.0. The maximum absolute atomic E-state index is 6.05. The lowest BCUT2D eigenvalue weighted by atomic mass is 10.1. The van der Waals surface area contributed by atoms with E-state index in [9.17, 15) is 0 Å². The molecule has 6 heteroatoms. The van der Waals surface area contributed by atoms with Gasteiger partial charge in [0.1, 0.15) is 29.7 Å². The molecule has 2 aromatic carbocycles. The number of nitrogens with zero attached hydrogens (tertiary/aromatic N) is 2. The van der Waals surface area contributed by atoms with Gasteiger partial charge in [0.15, 0.2) is 5.65 Å². The van der Waals surface area contributed by atoms with Crippen molar-refractivity contribution >= 4 is 11.2 Å². The number of hydrogen-bond acceptors (Lipinski definition) is 5. The Hall–Kier alpha value is -3.38. The average Bonchev–Trinajstić information content (AvgIpc) is 3.17. The molecule has 148 valence electrons. The number of methoxy groups -OCH3 is 1. The average molecular weight is 389 g/mol. The number of nitrogens with one attached hydrogen (secondary N) is 1. The number of hydrogen-bond donors (Lipinski definition) is 1. The third-order valence-corrected chi connectivity index (χ3v) is 4.44. The van der Waals surface area contributed by atoms with E-state index in [0.29, 0.717) is 13.2 Å². The molecule has 0 bridgehead atoms. The second-order valence-electron chi connectivity index (χ2n) is 6.82. The molecule has 1 atom stereocenters. The van der Waals surface area contributed by atoms with Crippen LogP contribution in [0.25, 0.3) is 22.4 Å². The number of rotatable bonds is 8. The molecule has 0 aliphatic rings. The summed E-state index contributed by atoms with van der Waals surface area (Å²) in [6, 6.07) is 17.9. The van der Waals surface area contributed by atoms with Crippen molar-refractivity contribution in [2.75, 3.05) is 13.7 Å². The number of fused-ring (bicyclic) bond motifs is 1. The summed E-state index contributed by atoms with van der Waals surface area (Å²) in [6.07, 6.45) is 3.27. The van der Waals surface area contributed by atoms with Crippen molar-refractivity contribution in [1.29, 1.82) is 0 Å². The maximum atomic E-state index is 6.05. The zero-order valence-corrected chi connectivity index (χ0v) is 16.5. The van der Waals surface area contributed by atoms with Gasteiger partial charge in [-0.1, -0.05) is 30.3 Å². The standard InChI is InChI=1S/C23H23N3O3/c1-16(14-27-2)29-20-11-18(21-13-22-23(26-21)25-9-8-24-22)10-19(12-20)28-15-17-6-4-3-5-7-17/h3-13,16H,14-15H2,1-2H3,(H,25,26)/t16-/m0/s1. The van der Waals surface area contributed by atoms with E-state index in [0.717, 1.165) is 39.5 Å². The molecule has 29 heavy (non-hydrogen) atoms. The highest BCUT2D eigenvalue weighted by molar-refractivity contribution is 5.80. The van der Waals surface area contributed by atoms with E-state index < -0.39 is 0 Å². The van der Waals surface area contributed by atoms with E-state index in [1.807, 2.05) is 61.5 Å².